The molecule has 1 aromatic heterocycles. The number of ketones is 1. The second-order valence-corrected chi connectivity index (χ2v) is 6.50. The summed E-state index contributed by atoms with van der Waals surface area (Å²) in [6.07, 6.45) is 0.0377. The Morgan fingerprint density at radius 3 is 2.21 bits per heavy atom. The van der Waals surface area contributed by atoms with E-state index in [2.05, 4.69) is 0 Å². The van der Waals surface area contributed by atoms with Gasteiger partial charge in [-0.1, -0.05) is 33.8 Å². The zero-order chi connectivity index (χ0) is 18.0. The summed E-state index contributed by atoms with van der Waals surface area (Å²) < 4.78 is 5.76. The number of carboxylic acids is 1. The Labute approximate surface area is 140 Å². The Kier molecular flexibility index (Phi) is 5.12. The van der Waals surface area contributed by atoms with Gasteiger partial charge in [0.1, 0.15) is 17.1 Å². The first-order chi connectivity index (χ1) is 11.2. The lowest BCUT2D eigenvalue weighted by Crippen LogP contribution is -2.03. The number of hydrogen-bond donors (Lipinski definition) is 2. The van der Waals surface area contributed by atoms with E-state index in [-0.39, 0.29) is 35.4 Å². The minimum absolute atomic E-state index is 0.0377. The first-order valence-electron chi connectivity index (χ1n) is 7.92. The van der Waals surface area contributed by atoms with Gasteiger partial charge >= 0.3 is 5.97 Å². The van der Waals surface area contributed by atoms with Crippen LogP contribution in [0.4, 0.5) is 0 Å². The molecule has 0 atom stereocenters. The first-order valence-corrected chi connectivity index (χ1v) is 7.92. The minimum Gasteiger partial charge on any atom is -0.507 e. The number of aromatic carboxylic acids is 1. The van der Waals surface area contributed by atoms with Crippen molar-refractivity contribution in [2.24, 2.45) is 0 Å². The third kappa shape index (κ3) is 3.67. The largest absolute Gasteiger partial charge is 0.507 e. The number of aromatic hydroxyl groups is 1. The Hall–Kier alpha value is -2.56. The molecule has 0 aliphatic carbocycles. The summed E-state index contributed by atoms with van der Waals surface area (Å²) in [5, 5.41) is 18.6. The SMILES string of the molecule is CC(C)c1cc(C(=O)Cc2ccc(C(=O)O)c(O)c2)oc1C(C)C. The molecule has 2 rings (SSSR count). The van der Waals surface area contributed by atoms with Crippen molar-refractivity contribution in [1.82, 2.24) is 0 Å². The van der Waals surface area contributed by atoms with E-state index in [9.17, 15) is 14.7 Å². The third-order valence-corrected chi connectivity index (χ3v) is 3.87. The number of Topliss-reactive ketones (excluding diaryl/α,β-unsaturated/α-hetero) is 1. The minimum atomic E-state index is -1.21. The number of rotatable bonds is 6. The van der Waals surface area contributed by atoms with Gasteiger partial charge in [0.2, 0.25) is 5.78 Å². The van der Waals surface area contributed by atoms with E-state index >= 15 is 0 Å². The van der Waals surface area contributed by atoms with Gasteiger partial charge in [-0.15, -0.1) is 0 Å². The number of furan rings is 1. The lowest BCUT2D eigenvalue weighted by molar-refractivity contribution is 0.0693. The van der Waals surface area contributed by atoms with Crippen LogP contribution in [0.3, 0.4) is 0 Å². The van der Waals surface area contributed by atoms with Crippen LogP contribution in [0.15, 0.2) is 28.7 Å². The molecular formula is C19H22O5. The maximum Gasteiger partial charge on any atom is 0.339 e. The quantitative estimate of drug-likeness (QED) is 0.769. The van der Waals surface area contributed by atoms with Crippen LogP contribution in [0.2, 0.25) is 0 Å². The van der Waals surface area contributed by atoms with Gasteiger partial charge in [-0.05, 0) is 35.2 Å². The fourth-order valence-electron chi connectivity index (χ4n) is 2.60. The maximum atomic E-state index is 12.5. The lowest BCUT2D eigenvalue weighted by Gasteiger charge is -2.07. The molecule has 0 saturated carbocycles. The van der Waals surface area contributed by atoms with Crippen molar-refractivity contribution in [3.8, 4) is 5.75 Å². The van der Waals surface area contributed by atoms with Crippen LogP contribution in [-0.4, -0.2) is 22.0 Å². The molecule has 24 heavy (non-hydrogen) atoms. The Balaban J connectivity index is 2.26. The van der Waals surface area contributed by atoms with Crippen LogP contribution in [0.5, 0.6) is 5.75 Å². The standard InChI is InChI=1S/C19H22O5/c1-10(2)14-9-17(24-18(14)11(3)4)16(21)8-12-5-6-13(19(22)23)15(20)7-12/h5-7,9-11,20H,8H2,1-4H3,(H,22,23). The van der Waals surface area contributed by atoms with Crippen molar-refractivity contribution in [2.45, 2.75) is 46.0 Å². The third-order valence-electron chi connectivity index (χ3n) is 3.87. The molecule has 5 nitrogen and oxygen atoms in total. The average Bonchev–Trinajstić information content (AvgIpc) is 2.92. The van der Waals surface area contributed by atoms with Gasteiger partial charge in [0.15, 0.2) is 5.76 Å². The monoisotopic (exact) mass is 330 g/mol. The molecular weight excluding hydrogens is 308 g/mol. The predicted octanol–water partition coefficient (Wildman–Crippen LogP) is 4.36. The van der Waals surface area contributed by atoms with Gasteiger partial charge in [0, 0.05) is 12.3 Å². The average molecular weight is 330 g/mol. The maximum absolute atomic E-state index is 12.5. The molecule has 0 radical (unpaired) electrons. The van der Waals surface area contributed by atoms with Crippen molar-refractivity contribution in [1.29, 1.82) is 0 Å². The van der Waals surface area contributed by atoms with Crippen molar-refractivity contribution in [2.75, 3.05) is 0 Å². The summed E-state index contributed by atoms with van der Waals surface area (Å²) in [7, 11) is 0. The molecule has 5 heteroatoms. The van der Waals surface area contributed by atoms with Crippen LogP contribution in [0.1, 0.15) is 77.3 Å². The second-order valence-electron chi connectivity index (χ2n) is 6.50. The summed E-state index contributed by atoms with van der Waals surface area (Å²) in [4.78, 5) is 23.4. The van der Waals surface area contributed by atoms with Crippen molar-refractivity contribution in [3.05, 3.63) is 52.5 Å². The molecule has 1 aromatic carbocycles. The van der Waals surface area contributed by atoms with Gasteiger partial charge in [0.25, 0.3) is 0 Å². The summed E-state index contributed by atoms with van der Waals surface area (Å²) >= 11 is 0. The molecule has 0 amide bonds. The van der Waals surface area contributed by atoms with Crippen LogP contribution in [0, 0.1) is 0 Å². The highest BCUT2D eigenvalue weighted by Crippen LogP contribution is 2.30. The fraction of sp³-hybridized carbons (Fsp3) is 0.368. The Morgan fingerprint density at radius 2 is 1.75 bits per heavy atom. The van der Waals surface area contributed by atoms with Crippen molar-refractivity contribution < 1.29 is 24.2 Å². The van der Waals surface area contributed by atoms with Gasteiger partial charge in [0.05, 0.1) is 0 Å². The lowest BCUT2D eigenvalue weighted by atomic mass is 9.97. The first kappa shape index (κ1) is 17.8. The summed E-state index contributed by atoms with van der Waals surface area (Å²) in [6.45, 7) is 8.13. The van der Waals surface area contributed by atoms with Crippen LogP contribution >= 0.6 is 0 Å². The molecule has 0 saturated heterocycles. The van der Waals surface area contributed by atoms with Crippen molar-refractivity contribution in [3.63, 3.8) is 0 Å². The molecule has 0 aliphatic rings. The van der Waals surface area contributed by atoms with E-state index in [1.54, 1.807) is 6.07 Å². The van der Waals surface area contributed by atoms with Crippen LogP contribution < -0.4 is 0 Å². The van der Waals surface area contributed by atoms with Crippen LogP contribution in [-0.2, 0) is 6.42 Å². The van der Waals surface area contributed by atoms with Gasteiger partial charge in [-0.25, -0.2) is 4.79 Å². The fourth-order valence-corrected chi connectivity index (χ4v) is 2.60. The number of hydrogen-bond acceptors (Lipinski definition) is 4. The van der Waals surface area contributed by atoms with E-state index in [1.165, 1.54) is 18.2 Å². The molecule has 2 N–H and O–H groups in total. The molecule has 0 unspecified atom stereocenters. The summed E-state index contributed by atoms with van der Waals surface area (Å²) in [5.74, 6) is -0.208. The zero-order valence-electron chi connectivity index (χ0n) is 14.3. The number of carboxylic acid groups (broad SMARTS) is 1. The molecule has 0 bridgehead atoms. The van der Waals surface area contributed by atoms with E-state index in [0.717, 1.165) is 11.3 Å². The Bertz CT molecular complexity index is 743. The number of carbonyl (C=O) groups excluding carboxylic acids is 1. The number of benzene rings is 1. The Morgan fingerprint density at radius 1 is 1.08 bits per heavy atom. The van der Waals surface area contributed by atoms with Crippen LogP contribution in [0.25, 0.3) is 0 Å². The molecule has 128 valence electrons. The van der Waals surface area contributed by atoms with Gasteiger partial charge in [-0.2, -0.15) is 0 Å². The highest BCUT2D eigenvalue weighted by molar-refractivity contribution is 5.96. The van der Waals surface area contributed by atoms with Gasteiger partial charge in [-0.3, -0.25) is 4.79 Å². The number of phenols is 1. The topological polar surface area (TPSA) is 87.7 Å². The summed E-state index contributed by atoms with van der Waals surface area (Å²) in [6, 6.07) is 5.91. The molecule has 0 fully saturated rings. The number of carbonyl (C=O) groups is 2. The highest BCUT2D eigenvalue weighted by atomic mass is 16.4. The van der Waals surface area contributed by atoms with Crippen molar-refractivity contribution >= 4 is 11.8 Å². The highest BCUT2D eigenvalue weighted by Gasteiger charge is 2.21. The van der Waals surface area contributed by atoms with Gasteiger partial charge < -0.3 is 14.6 Å². The second kappa shape index (κ2) is 6.91. The normalized spacial score (nSPS) is 11.2. The zero-order valence-corrected chi connectivity index (χ0v) is 14.3. The van der Waals surface area contributed by atoms with E-state index in [0.29, 0.717) is 11.3 Å². The molecule has 0 aliphatic heterocycles. The summed E-state index contributed by atoms with van der Waals surface area (Å²) in [5.41, 5.74) is 1.38. The smallest absolute Gasteiger partial charge is 0.339 e. The van der Waals surface area contributed by atoms with E-state index < -0.39 is 5.97 Å². The predicted molar refractivity (Wildman–Crippen MR) is 90.0 cm³/mol. The van der Waals surface area contributed by atoms with E-state index in [1.807, 2.05) is 27.7 Å². The molecule has 0 spiro atoms. The van der Waals surface area contributed by atoms with E-state index in [4.69, 9.17) is 9.52 Å². The molecule has 2 aromatic rings. The molecule has 1 heterocycles.